The zero-order valence-corrected chi connectivity index (χ0v) is 14.8. The number of rotatable bonds is 8. The highest BCUT2D eigenvalue weighted by Gasteiger charge is 2.35. The molecule has 1 aliphatic rings. The van der Waals surface area contributed by atoms with Crippen LogP contribution in [0.5, 0.6) is 0 Å². The molecule has 1 rings (SSSR count). The standard InChI is InChI=1S/C18H38N2/c1-7-12-19-17-10-11-18(4,5)13-15(17)14-20(6)16(8-2)9-3/h15-17,19H,7-14H2,1-6H3. The van der Waals surface area contributed by atoms with Crippen molar-refractivity contribution in [3.05, 3.63) is 0 Å². The van der Waals surface area contributed by atoms with Gasteiger partial charge in [-0.1, -0.05) is 34.6 Å². The Morgan fingerprint density at radius 1 is 1.20 bits per heavy atom. The minimum absolute atomic E-state index is 0.532. The first-order valence-corrected chi connectivity index (χ1v) is 8.87. The van der Waals surface area contributed by atoms with Gasteiger partial charge in [-0.15, -0.1) is 0 Å². The molecular formula is C18H38N2. The van der Waals surface area contributed by atoms with Gasteiger partial charge in [-0.2, -0.15) is 0 Å². The van der Waals surface area contributed by atoms with Gasteiger partial charge in [0.1, 0.15) is 0 Å². The molecule has 0 spiro atoms. The van der Waals surface area contributed by atoms with Crippen LogP contribution in [0.4, 0.5) is 0 Å². The van der Waals surface area contributed by atoms with Crippen LogP contribution in [-0.2, 0) is 0 Å². The zero-order valence-electron chi connectivity index (χ0n) is 14.8. The first kappa shape index (κ1) is 18.0. The highest BCUT2D eigenvalue weighted by Crippen LogP contribution is 2.39. The van der Waals surface area contributed by atoms with E-state index in [-0.39, 0.29) is 0 Å². The Morgan fingerprint density at radius 2 is 1.85 bits per heavy atom. The van der Waals surface area contributed by atoms with Crippen LogP contribution >= 0.6 is 0 Å². The summed E-state index contributed by atoms with van der Waals surface area (Å²) in [5.41, 5.74) is 0.532. The maximum atomic E-state index is 3.81. The van der Waals surface area contributed by atoms with Crippen molar-refractivity contribution >= 4 is 0 Å². The second-order valence-electron chi connectivity index (χ2n) is 7.64. The Kier molecular flexibility index (Phi) is 7.53. The second kappa shape index (κ2) is 8.38. The first-order valence-electron chi connectivity index (χ1n) is 8.87. The van der Waals surface area contributed by atoms with Gasteiger partial charge in [0.25, 0.3) is 0 Å². The third kappa shape index (κ3) is 5.37. The summed E-state index contributed by atoms with van der Waals surface area (Å²) in [4.78, 5) is 2.62. The van der Waals surface area contributed by atoms with Crippen molar-refractivity contribution in [2.75, 3.05) is 20.1 Å². The topological polar surface area (TPSA) is 15.3 Å². The van der Waals surface area contributed by atoms with Crippen LogP contribution in [0, 0.1) is 11.3 Å². The summed E-state index contributed by atoms with van der Waals surface area (Å²) in [6, 6.07) is 1.49. The maximum Gasteiger partial charge on any atom is 0.0108 e. The van der Waals surface area contributed by atoms with Crippen LogP contribution in [0.1, 0.15) is 73.1 Å². The number of nitrogens with zero attached hydrogens (tertiary/aromatic N) is 1. The van der Waals surface area contributed by atoms with Gasteiger partial charge in [0.2, 0.25) is 0 Å². The molecule has 1 aliphatic carbocycles. The molecular weight excluding hydrogens is 244 g/mol. The second-order valence-corrected chi connectivity index (χ2v) is 7.64. The van der Waals surface area contributed by atoms with E-state index >= 15 is 0 Å². The highest BCUT2D eigenvalue weighted by molar-refractivity contribution is 4.90. The molecule has 0 saturated heterocycles. The molecule has 0 radical (unpaired) electrons. The average Bonchev–Trinajstić information content (AvgIpc) is 2.38. The van der Waals surface area contributed by atoms with Crippen LogP contribution in [0.3, 0.4) is 0 Å². The van der Waals surface area contributed by atoms with Gasteiger partial charge in [-0.05, 0) is 63.5 Å². The van der Waals surface area contributed by atoms with E-state index in [2.05, 4.69) is 51.9 Å². The lowest BCUT2D eigenvalue weighted by molar-refractivity contribution is 0.0918. The predicted molar refractivity (Wildman–Crippen MR) is 90.2 cm³/mol. The SMILES string of the molecule is CCCNC1CCC(C)(C)CC1CN(C)C(CC)CC. The monoisotopic (exact) mass is 282 g/mol. The van der Waals surface area contributed by atoms with Crippen molar-refractivity contribution in [2.24, 2.45) is 11.3 Å². The van der Waals surface area contributed by atoms with E-state index in [1.54, 1.807) is 0 Å². The Balaban J connectivity index is 2.63. The zero-order chi connectivity index (χ0) is 15.2. The van der Waals surface area contributed by atoms with Crippen molar-refractivity contribution in [1.29, 1.82) is 0 Å². The van der Waals surface area contributed by atoms with Crippen LogP contribution < -0.4 is 5.32 Å². The van der Waals surface area contributed by atoms with Crippen molar-refractivity contribution in [1.82, 2.24) is 10.2 Å². The van der Waals surface area contributed by atoms with Crippen molar-refractivity contribution < 1.29 is 0 Å². The van der Waals surface area contributed by atoms with E-state index in [4.69, 9.17) is 0 Å². The molecule has 2 heteroatoms. The molecule has 0 aliphatic heterocycles. The summed E-state index contributed by atoms with van der Waals surface area (Å²) in [5.74, 6) is 0.816. The van der Waals surface area contributed by atoms with E-state index in [0.717, 1.165) is 18.0 Å². The third-order valence-corrected chi connectivity index (χ3v) is 5.26. The quantitative estimate of drug-likeness (QED) is 0.714. The molecule has 0 bridgehead atoms. The first-order chi connectivity index (χ1) is 9.43. The molecule has 2 nitrogen and oxygen atoms in total. The van der Waals surface area contributed by atoms with E-state index in [9.17, 15) is 0 Å². The fourth-order valence-corrected chi connectivity index (χ4v) is 3.96. The Hall–Kier alpha value is -0.0800. The number of hydrogen-bond acceptors (Lipinski definition) is 2. The summed E-state index contributed by atoms with van der Waals surface area (Å²) >= 11 is 0. The van der Waals surface area contributed by atoms with Crippen LogP contribution in [0.2, 0.25) is 0 Å². The summed E-state index contributed by atoms with van der Waals surface area (Å²) in [6.07, 6.45) is 7.90. The minimum Gasteiger partial charge on any atom is -0.314 e. The van der Waals surface area contributed by atoms with Crippen molar-refractivity contribution in [3.63, 3.8) is 0 Å². The molecule has 2 unspecified atom stereocenters. The summed E-state index contributed by atoms with van der Waals surface area (Å²) in [5, 5.41) is 3.81. The van der Waals surface area contributed by atoms with Crippen LogP contribution in [-0.4, -0.2) is 37.1 Å². The molecule has 0 aromatic rings. The molecule has 0 heterocycles. The molecule has 1 N–H and O–H groups in total. The largest absolute Gasteiger partial charge is 0.314 e. The molecule has 120 valence electrons. The normalized spacial score (nSPS) is 26.4. The minimum atomic E-state index is 0.532. The fourth-order valence-electron chi connectivity index (χ4n) is 3.96. The maximum absolute atomic E-state index is 3.81. The van der Waals surface area contributed by atoms with E-state index in [0.29, 0.717) is 5.41 Å². The van der Waals surface area contributed by atoms with E-state index in [1.165, 1.54) is 51.6 Å². The lowest BCUT2D eigenvalue weighted by Gasteiger charge is -2.43. The van der Waals surface area contributed by atoms with Crippen LogP contribution in [0.25, 0.3) is 0 Å². The van der Waals surface area contributed by atoms with Gasteiger partial charge in [0, 0.05) is 18.6 Å². The molecule has 1 saturated carbocycles. The van der Waals surface area contributed by atoms with E-state index < -0.39 is 0 Å². The van der Waals surface area contributed by atoms with Gasteiger partial charge in [-0.3, -0.25) is 0 Å². The van der Waals surface area contributed by atoms with Crippen LogP contribution in [0.15, 0.2) is 0 Å². The average molecular weight is 283 g/mol. The Bertz CT molecular complexity index is 258. The van der Waals surface area contributed by atoms with Gasteiger partial charge in [0.15, 0.2) is 0 Å². The Labute approximate surface area is 127 Å². The Morgan fingerprint density at radius 3 is 2.40 bits per heavy atom. The summed E-state index contributed by atoms with van der Waals surface area (Å²) in [7, 11) is 2.33. The van der Waals surface area contributed by atoms with Crippen molar-refractivity contribution in [2.45, 2.75) is 85.2 Å². The third-order valence-electron chi connectivity index (χ3n) is 5.26. The highest BCUT2D eigenvalue weighted by atomic mass is 15.1. The fraction of sp³-hybridized carbons (Fsp3) is 1.00. The van der Waals surface area contributed by atoms with Gasteiger partial charge in [0.05, 0.1) is 0 Å². The molecule has 1 fully saturated rings. The molecule has 0 aromatic heterocycles. The summed E-state index contributed by atoms with van der Waals surface area (Å²) < 4.78 is 0. The molecule has 0 amide bonds. The predicted octanol–water partition coefficient (Wildman–Crippen LogP) is 4.30. The number of hydrogen-bond donors (Lipinski definition) is 1. The van der Waals surface area contributed by atoms with Gasteiger partial charge >= 0.3 is 0 Å². The van der Waals surface area contributed by atoms with Gasteiger partial charge in [-0.25, -0.2) is 0 Å². The molecule has 0 aromatic carbocycles. The smallest absolute Gasteiger partial charge is 0.0108 e. The van der Waals surface area contributed by atoms with E-state index in [1.807, 2.05) is 0 Å². The summed E-state index contributed by atoms with van der Waals surface area (Å²) in [6.45, 7) is 14.3. The van der Waals surface area contributed by atoms with Crippen molar-refractivity contribution in [3.8, 4) is 0 Å². The number of nitrogens with one attached hydrogen (secondary N) is 1. The molecule has 2 atom stereocenters. The molecule has 20 heavy (non-hydrogen) atoms. The lowest BCUT2D eigenvalue weighted by Crippen LogP contribution is -2.48. The lowest BCUT2D eigenvalue weighted by atomic mass is 9.69. The van der Waals surface area contributed by atoms with Gasteiger partial charge < -0.3 is 10.2 Å².